The molecule has 5 unspecified atom stereocenters. The average Bonchev–Trinajstić information content (AvgIpc) is 2.89. The molecule has 0 amide bonds. The molecule has 4 nitrogen and oxygen atoms in total. The number of carboxylic acid groups (broad SMARTS) is 1. The number of aliphatic carboxylic acids is 1. The summed E-state index contributed by atoms with van der Waals surface area (Å²) in [5.74, 6) is -0.291. The van der Waals surface area contributed by atoms with E-state index in [1.54, 1.807) is 0 Å². The van der Waals surface area contributed by atoms with E-state index in [0.717, 1.165) is 12.8 Å². The third-order valence-corrected chi connectivity index (χ3v) is 3.24. The number of ether oxygens (including phenoxy) is 2. The van der Waals surface area contributed by atoms with Crippen LogP contribution >= 0.6 is 0 Å². The molecule has 3 rings (SSSR count). The third-order valence-electron chi connectivity index (χ3n) is 3.24. The van der Waals surface area contributed by atoms with Gasteiger partial charge in [0.1, 0.15) is 12.2 Å². The van der Waals surface area contributed by atoms with Gasteiger partial charge in [-0.3, -0.25) is 4.79 Å². The Morgan fingerprint density at radius 1 is 1.31 bits per heavy atom. The van der Waals surface area contributed by atoms with Gasteiger partial charge >= 0.3 is 5.97 Å². The molecule has 2 heterocycles. The van der Waals surface area contributed by atoms with Crippen molar-refractivity contribution in [3.05, 3.63) is 0 Å². The SMILES string of the molecule is O=C(O)CCC1CC2OC2C2OC12. The number of epoxide rings is 2. The van der Waals surface area contributed by atoms with Gasteiger partial charge in [-0.2, -0.15) is 0 Å². The molecule has 5 atom stereocenters. The second-order valence-electron chi connectivity index (χ2n) is 4.13. The van der Waals surface area contributed by atoms with E-state index in [9.17, 15) is 4.79 Å². The van der Waals surface area contributed by atoms with Gasteiger partial charge in [0.2, 0.25) is 0 Å². The summed E-state index contributed by atoms with van der Waals surface area (Å²) in [5, 5.41) is 8.55. The molecule has 72 valence electrons. The lowest BCUT2D eigenvalue weighted by Gasteiger charge is -2.13. The van der Waals surface area contributed by atoms with Gasteiger partial charge in [0.25, 0.3) is 0 Å². The first-order valence-electron chi connectivity index (χ1n) is 4.78. The van der Waals surface area contributed by atoms with Crippen LogP contribution in [0.2, 0.25) is 0 Å². The minimum atomic E-state index is -0.712. The Labute approximate surface area is 75.8 Å². The van der Waals surface area contributed by atoms with E-state index >= 15 is 0 Å². The summed E-state index contributed by atoms with van der Waals surface area (Å²) >= 11 is 0. The highest BCUT2D eigenvalue weighted by molar-refractivity contribution is 5.66. The van der Waals surface area contributed by atoms with Crippen LogP contribution < -0.4 is 0 Å². The predicted octanol–water partition coefficient (Wildman–Crippen LogP) is 0.406. The lowest BCUT2D eigenvalue weighted by molar-refractivity contribution is -0.137. The molecule has 1 saturated carbocycles. The molecular formula is C9H12O4. The molecule has 3 aliphatic rings. The van der Waals surface area contributed by atoms with Gasteiger partial charge in [0.05, 0.1) is 12.2 Å². The Bertz CT molecular complexity index is 252. The Balaban J connectivity index is 1.56. The van der Waals surface area contributed by atoms with Gasteiger partial charge in [-0.15, -0.1) is 0 Å². The van der Waals surface area contributed by atoms with E-state index < -0.39 is 5.97 Å². The minimum absolute atomic E-state index is 0.259. The second kappa shape index (κ2) is 2.45. The van der Waals surface area contributed by atoms with Crippen molar-refractivity contribution in [2.75, 3.05) is 0 Å². The van der Waals surface area contributed by atoms with Crippen LogP contribution in [0.25, 0.3) is 0 Å². The van der Waals surface area contributed by atoms with E-state index in [0.29, 0.717) is 30.3 Å². The molecule has 2 aliphatic heterocycles. The Morgan fingerprint density at radius 2 is 2.15 bits per heavy atom. The summed E-state index contributed by atoms with van der Waals surface area (Å²) in [6.07, 6.45) is 3.34. The van der Waals surface area contributed by atoms with Gasteiger partial charge in [0.15, 0.2) is 0 Å². The predicted molar refractivity (Wildman–Crippen MR) is 42.3 cm³/mol. The van der Waals surface area contributed by atoms with Gasteiger partial charge in [-0.25, -0.2) is 0 Å². The number of carboxylic acids is 1. The minimum Gasteiger partial charge on any atom is -0.481 e. The summed E-state index contributed by atoms with van der Waals surface area (Å²) in [5.41, 5.74) is 0. The van der Waals surface area contributed by atoms with Crippen LogP contribution in [0, 0.1) is 5.92 Å². The number of hydrogen-bond acceptors (Lipinski definition) is 3. The van der Waals surface area contributed by atoms with Crippen molar-refractivity contribution < 1.29 is 19.4 Å². The quantitative estimate of drug-likeness (QED) is 0.645. The maximum Gasteiger partial charge on any atom is 0.303 e. The van der Waals surface area contributed by atoms with Gasteiger partial charge < -0.3 is 14.6 Å². The van der Waals surface area contributed by atoms with Crippen LogP contribution in [-0.2, 0) is 14.3 Å². The largest absolute Gasteiger partial charge is 0.481 e. The van der Waals surface area contributed by atoms with Crippen molar-refractivity contribution in [1.29, 1.82) is 0 Å². The molecule has 4 heteroatoms. The first-order valence-corrected chi connectivity index (χ1v) is 4.78. The van der Waals surface area contributed by atoms with Crippen LogP contribution in [-0.4, -0.2) is 35.5 Å². The van der Waals surface area contributed by atoms with E-state index in [-0.39, 0.29) is 6.42 Å². The molecule has 13 heavy (non-hydrogen) atoms. The van der Waals surface area contributed by atoms with Crippen LogP contribution in [0.3, 0.4) is 0 Å². The topological polar surface area (TPSA) is 62.4 Å². The van der Waals surface area contributed by atoms with Crippen molar-refractivity contribution in [3.8, 4) is 0 Å². The summed E-state index contributed by atoms with van der Waals surface area (Å²) in [6.45, 7) is 0. The Hall–Kier alpha value is -0.610. The lowest BCUT2D eigenvalue weighted by atomic mass is 9.86. The highest BCUT2D eigenvalue weighted by Gasteiger charge is 2.64. The molecule has 0 aromatic carbocycles. The molecule has 0 aromatic heterocycles. The summed E-state index contributed by atoms with van der Waals surface area (Å²) in [4.78, 5) is 10.4. The molecule has 0 bridgehead atoms. The highest BCUT2D eigenvalue weighted by atomic mass is 16.7. The molecule has 1 N–H and O–H groups in total. The Morgan fingerprint density at radius 3 is 2.92 bits per heavy atom. The van der Waals surface area contributed by atoms with E-state index in [1.807, 2.05) is 0 Å². The monoisotopic (exact) mass is 184 g/mol. The van der Waals surface area contributed by atoms with Crippen molar-refractivity contribution in [3.63, 3.8) is 0 Å². The van der Waals surface area contributed by atoms with Crippen LogP contribution in [0.1, 0.15) is 19.3 Å². The maximum absolute atomic E-state index is 10.4. The first kappa shape index (κ1) is 7.76. The average molecular weight is 184 g/mol. The van der Waals surface area contributed by atoms with Crippen LogP contribution in [0.4, 0.5) is 0 Å². The fraction of sp³-hybridized carbons (Fsp3) is 0.889. The molecule has 0 aromatic rings. The number of carbonyl (C=O) groups is 1. The molecule has 0 spiro atoms. The number of fused-ring (bicyclic) bond motifs is 3. The van der Waals surface area contributed by atoms with Gasteiger partial charge in [-0.1, -0.05) is 0 Å². The van der Waals surface area contributed by atoms with Crippen molar-refractivity contribution in [2.24, 2.45) is 5.92 Å². The summed E-state index contributed by atoms with van der Waals surface area (Å²) < 4.78 is 10.9. The van der Waals surface area contributed by atoms with E-state index in [4.69, 9.17) is 14.6 Å². The molecule has 1 aliphatic carbocycles. The first-order chi connectivity index (χ1) is 6.25. The normalized spacial score (nSPS) is 50.6. The van der Waals surface area contributed by atoms with Crippen molar-refractivity contribution in [1.82, 2.24) is 0 Å². The zero-order valence-electron chi connectivity index (χ0n) is 7.18. The summed E-state index contributed by atoms with van der Waals surface area (Å²) in [7, 11) is 0. The van der Waals surface area contributed by atoms with E-state index in [1.165, 1.54) is 0 Å². The molecular weight excluding hydrogens is 172 g/mol. The number of hydrogen-bond donors (Lipinski definition) is 1. The third kappa shape index (κ3) is 1.25. The zero-order chi connectivity index (χ0) is 9.00. The summed E-state index contributed by atoms with van der Waals surface area (Å²) in [6, 6.07) is 0. The van der Waals surface area contributed by atoms with Crippen LogP contribution in [0.15, 0.2) is 0 Å². The standard InChI is InChI=1S/C9H12O4/c10-6(11)2-1-4-3-5-8(12-5)9-7(4)13-9/h4-5,7-9H,1-3H2,(H,10,11). The van der Waals surface area contributed by atoms with Crippen molar-refractivity contribution in [2.45, 2.75) is 43.7 Å². The maximum atomic E-state index is 10.4. The Kier molecular flexibility index (Phi) is 1.46. The highest BCUT2D eigenvalue weighted by Crippen LogP contribution is 2.51. The van der Waals surface area contributed by atoms with Gasteiger partial charge in [-0.05, 0) is 18.8 Å². The zero-order valence-corrected chi connectivity index (χ0v) is 7.18. The smallest absolute Gasteiger partial charge is 0.303 e. The van der Waals surface area contributed by atoms with Crippen molar-refractivity contribution >= 4 is 5.97 Å². The molecule has 3 fully saturated rings. The second-order valence-corrected chi connectivity index (χ2v) is 4.13. The fourth-order valence-corrected chi connectivity index (χ4v) is 2.44. The van der Waals surface area contributed by atoms with E-state index in [2.05, 4.69) is 0 Å². The fourth-order valence-electron chi connectivity index (χ4n) is 2.44. The molecule has 0 radical (unpaired) electrons. The van der Waals surface area contributed by atoms with Crippen LogP contribution in [0.5, 0.6) is 0 Å². The lowest BCUT2D eigenvalue weighted by Crippen LogP contribution is -2.23. The number of rotatable bonds is 3. The van der Waals surface area contributed by atoms with Gasteiger partial charge in [0, 0.05) is 6.42 Å². The molecule has 2 saturated heterocycles.